The fourth-order valence-corrected chi connectivity index (χ4v) is 3.63. The lowest BCUT2D eigenvalue weighted by Gasteiger charge is -2.38. The molecule has 18 heavy (non-hydrogen) atoms. The van der Waals surface area contributed by atoms with Gasteiger partial charge >= 0.3 is 0 Å². The monoisotopic (exact) mass is 254 g/mol. The predicted octanol–water partition coefficient (Wildman–Crippen LogP) is 4.18. The van der Waals surface area contributed by atoms with Gasteiger partial charge in [0.25, 0.3) is 0 Å². The third-order valence-electron chi connectivity index (χ3n) is 5.03. The summed E-state index contributed by atoms with van der Waals surface area (Å²) in [5.41, 5.74) is 0. The van der Waals surface area contributed by atoms with Crippen LogP contribution in [0.5, 0.6) is 0 Å². The standard InChI is InChI=1S/C16H30O2/c1-4-13-6-8-14(9-7-13)18-15-10-5-12(2)11-16(15)17-3/h12-16H,4-11H2,1-3H3. The Kier molecular flexibility index (Phi) is 5.50. The zero-order valence-corrected chi connectivity index (χ0v) is 12.4. The summed E-state index contributed by atoms with van der Waals surface area (Å²) in [6.45, 7) is 4.64. The zero-order chi connectivity index (χ0) is 13.0. The van der Waals surface area contributed by atoms with Gasteiger partial charge in [-0.05, 0) is 56.8 Å². The molecule has 2 aliphatic carbocycles. The molecule has 106 valence electrons. The van der Waals surface area contributed by atoms with E-state index < -0.39 is 0 Å². The largest absolute Gasteiger partial charge is 0.379 e. The van der Waals surface area contributed by atoms with Gasteiger partial charge in [0.05, 0.1) is 18.3 Å². The fraction of sp³-hybridized carbons (Fsp3) is 1.00. The van der Waals surface area contributed by atoms with Gasteiger partial charge < -0.3 is 9.47 Å². The van der Waals surface area contributed by atoms with Gasteiger partial charge in [-0.25, -0.2) is 0 Å². The van der Waals surface area contributed by atoms with Gasteiger partial charge in [0, 0.05) is 7.11 Å². The first-order valence-electron chi connectivity index (χ1n) is 7.91. The summed E-state index contributed by atoms with van der Waals surface area (Å²) in [5, 5.41) is 0. The van der Waals surface area contributed by atoms with Crippen molar-refractivity contribution < 1.29 is 9.47 Å². The maximum Gasteiger partial charge on any atom is 0.0840 e. The van der Waals surface area contributed by atoms with Crippen molar-refractivity contribution in [1.82, 2.24) is 0 Å². The zero-order valence-electron chi connectivity index (χ0n) is 12.4. The average molecular weight is 254 g/mol. The molecule has 0 aromatic rings. The van der Waals surface area contributed by atoms with E-state index in [0.717, 1.165) is 11.8 Å². The summed E-state index contributed by atoms with van der Waals surface area (Å²) in [4.78, 5) is 0. The van der Waals surface area contributed by atoms with Crippen LogP contribution in [0.25, 0.3) is 0 Å². The van der Waals surface area contributed by atoms with Crippen LogP contribution in [-0.4, -0.2) is 25.4 Å². The summed E-state index contributed by atoms with van der Waals surface area (Å²) in [5.74, 6) is 1.75. The first kappa shape index (κ1) is 14.3. The third kappa shape index (κ3) is 3.71. The Morgan fingerprint density at radius 1 is 0.944 bits per heavy atom. The lowest BCUT2D eigenvalue weighted by Crippen LogP contribution is -2.40. The Labute approximate surface area is 112 Å². The quantitative estimate of drug-likeness (QED) is 0.749. The topological polar surface area (TPSA) is 18.5 Å². The molecule has 0 radical (unpaired) electrons. The molecule has 0 heterocycles. The van der Waals surface area contributed by atoms with Crippen molar-refractivity contribution in [2.45, 2.75) is 83.5 Å². The Bertz CT molecular complexity index is 233. The molecule has 0 saturated heterocycles. The van der Waals surface area contributed by atoms with E-state index in [4.69, 9.17) is 9.47 Å². The molecule has 2 rings (SSSR count). The third-order valence-corrected chi connectivity index (χ3v) is 5.03. The maximum atomic E-state index is 6.35. The van der Waals surface area contributed by atoms with Crippen molar-refractivity contribution in [1.29, 1.82) is 0 Å². The highest BCUT2D eigenvalue weighted by Crippen LogP contribution is 2.33. The van der Waals surface area contributed by atoms with E-state index in [1.165, 1.54) is 51.4 Å². The van der Waals surface area contributed by atoms with Crippen LogP contribution in [0, 0.1) is 11.8 Å². The van der Waals surface area contributed by atoms with Gasteiger partial charge in [0.2, 0.25) is 0 Å². The number of hydrogen-bond donors (Lipinski definition) is 0. The van der Waals surface area contributed by atoms with Crippen molar-refractivity contribution in [2.75, 3.05) is 7.11 Å². The van der Waals surface area contributed by atoms with Crippen molar-refractivity contribution in [3.63, 3.8) is 0 Å². The Morgan fingerprint density at radius 3 is 2.28 bits per heavy atom. The number of hydrogen-bond acceptors (Lipinski definition) is 2. The molecule has 0 aliphatic heterocycles. The lowest BCUT2D eigenvalue weighted by molar-refractivity contribution is -0.124. The van der Waals surface area contributed by atoms with Crippen LogP contribution in [-0.2, 0) is 9.47 Å². The summed E-state index contributed by atoms with van der Waals surface area (Å²) in [7, 11) is 1.84. The van der Waals surface area contributed by atoms with E-state index >= 15 is 0 Å². The van der Waals surface area contributed by atoms with E-state index in [2.05, 4.69) is 13.8 Å². The van der Waals surface area contributed by atoms with Crippen LogP contribution in [0.2, 0.25) is 0 Å². The highest BCUT2D eigenvalue weighted by Gasteiger charge is 2.32. The minimum atomic E-state index is 0.331. The Hall–Kier alpha value is -0.0800. The molecule has 0 spiro atoms. The molecule has 2 nitrogen and oxygen atoms in total. The highest BCUT2D eigenvalue weighted by atomic mass is 16.5. The molecule has 2 fully saturated rings. The van der Waals surface area contributed by atoms with Gasteiger partial charge in [-0.2, -0.15) is 0 Å². The SMILES string of the molecule is CCC1CCC(OC2CCC(C)CC2OC)CC1. The second-order valence-electron chi connectivity index (χ2n) is 6.42. The molecule has 0 aromatic carbocycles. The van der Waals surface area contributed by atoms with Gasteiger partial charge in [-0.15, -0.1) is 0 Å². The normalized spacial score (nSPS) is 41.8. The van der Waals surface area contributed by atoms with Crippen molar-refractivity contribution in [3.8, 4) is 0 Å². The average Bonchev–Trinajstić information content (AvgIpc) is 2.41. The van der Waals surface area contributed by atoms with E-state index in [9.17, 15) is 0 Å². The minimum absolute atomic E-state index is 0.331. The molecule has 0 aromatic heterocycles. The highest BCUT2D eigenvalue weighted by molar-refractivity contribution is 4.82. The Morgan fingerprint density at radius 2 is 1.67 bits per heavy atom. The molecule has 0 N–H and O–H groups in total. The van der Waals surface area contributed by atoms with Crippen molar-refractivity contribution >= 4 is 0 Å². The molecule has 3 unspecified atom stereocenters. The molecule has 2 saturated carbocycles. The summed E-state index contributed by atoms with van der Waals surface area (Å²) in [6.07, 6.45) is 11.4. The van der Waals surface area contributed by atoms with Crippen LogP contribution in [0.4, 0.5) is 0 Å². The maximum absolute atomic E-state index is 6.35. The molecule has 0 amide bonds. The van der Waals surface area contributed by atoms with Crippen LogP contribution in [0.15, 0.2) is 0 Å². The Balaban J connectivity index is 1.78. The van der Waals surface area contributed by atoms with E-state index in [1.807, 2.05) is 7.11 Å². The van der Waals surface area contributed by atoms with Gasteiger partial charge in [-0.1, -0.05) is 20.3 Å². The molecular weight excluding hydrogens is 224 g/mol. The first-order chi connectivity index (χ1) is 8.72. The summed E-state index contributed by atoms with van der Waals surface area (Å²) >= 11 is 0. The number of ether oxygens (including phenoxy) is 2. The molecule has 2 aliphatic rings. The van der Waals surface area contributed by atoms with Crippen LogP contribution >= 0.6 is 0 Å². The van der Waals surface area contributed by atoms with Gasteiger partial charge in [0.1, 0.15) is 0 Å². The van der Waals surface area contributed by atoms with Crippen molar-refractivity contribution in [2.24, 2.45) is 11.8 Å². The first-order valence-corrected chi connectivity index (χ1v) is 7.91. The molecule has 2 heteroatoms. The summed E-state index contributed by atoms with van der Waals surface area (Å²) < 4.78 is 12.0. The number of methoxy groups -OCH3 is 1. The van der Waals surface area contributed by atoms with Gasteiger partial charge in [0.15, 0.2) is 0 Å². The van der Waals surface area contributed by atoms with Crippen molar-refractivity contribution in [3.05, 3.63) is 0 Å². The van der Waals surface area contributed by atoms with Gasteiger partial charge in [-0.3, -0.25) is 0 Å². The van der Waals surface area contributed by atoms with Crippen LogP contribution < -0.4 is 0 Å². The second-order valence-corrected chi connectivity index (χ2v) is 6.42. The van der Waals surface area contributed by atoms with E-state index in [1.54, 1.807) is 0 Å². The van der Waals surface area contributed by atoms with E-state index in [0.29, 0.717) is 18.3 Å². The number of rotatable bonds is 4. The fourth-order valence-electron chi connectivity index (χ4n) is 3.63. The molecule has 0 bridgehead atoms. The van der Waals surface area contributed by atoms with Crippen LogP contribution in [0.3, 0.4) is 0 Å². The molecular formula is C16H30O2. The molecule has 3 atom stereocenters. The van der Waals surface area contributed by atoms with E-state index in [-0.39, 0.29) is 0 Å². The smallest absolute Gasteiger partial charge is 0.0840 e. The minimum Gasteiger partial charge on any atom is -0.379 e. The second kappa shape index (κ2) is 6.91. The summed E-state index contributed by atoms with van der Waals surface area (Å²) in [6, 6.07) is 0. The van der Waals surface area contributed by atoms with Crippen LogP contribution in [0.1, 0.15) is 65.2 Å². The predicted molar refractivity (Wildman–Crippen MR) is 74.7 cm³/mol. The lowest BCUT2D eigenvalue weighted by atomic mass is 9.84.